The summed E-state index contributed by atoms with van der Waals surface area (Å²) >= 11 is 0. The van der Waals surface area contributed by atoms with Crippen molar-refractivity contribution < 1.29 is 14.3 Å². The second kappa shape index (κ2) is 2.87. The number of rotatable bonds is 1. The molecule has 0 saturated carbocycles. The molecule has 0 amide bonds. The van der Waals surface area contributed by atoms with Gasteiger partial charge in [-0.25, -0.2) is 0 Å². The van der Waals surface area contributed by atoms with Crippen molar-refractivity contribution in [3.8, 4) is 0 Å². The van der Waals surface area contributed by atoms with Gasteiger partial charge in [0.1, 0.15) is 11.7 Å². The zero-order valence-electron chi connectivity index (χ0n) is 8.41. The molecule has 1 unspecified atom stereocenters. The average molecular weight is 194 g/mol. The quantitative estimate of drug-likeness (QED) is 0.746. The summed E-state index contributed by atoms with van der Waals surface area (Å²) in [5.74, 6) is -0.638. The normalized spacial score (nSPS) is 24.3. The third kappa shape index (κ3) is 1.24. The molecular formula is C11H14O3. The van der Waals surface area contributed by atoms with Gasteiger partial charge < -0.3 is 9.52 Å². The molecular weight excluding hydrogens is 180 g/mol. The number of fused-ring (bicyclic) bond motifs is 1. The van der Waals surface area contributed by atoms with Crippen LogP contribution in [0.15, 0.2) is 16.7 Å². The summed E-state index contributed by atoms with van der Waals surface area (Å²) in [4.78, 5) is 11.2. The second-order valence-electron chi connectivity index (χ2n) is 4.57. The maximum atomic E-state index is 11.2. The molecule has 0 bridgehead atoms. The van der Waals surface area contributed by atoms with Gasteiger partial charge in [-0.2, -0.15) is 0 Å². The van der Waals surface area contributed by atoms with Crippen LogP contribution in [0.5, 0.6) is 0 Å². The van der Waals surface area contributed by atoms with Crippen molar-refractivity contribution in [3.05, 3.63) is 23.7 Å². The van der Waals surface area contributed by atoms with Gasteiger partial charge in [-0.05, 0) is 29.9 Å². The molecule has 0 aromatic carbocycles. The van der Waals surface area contributed by atoms with Crippen LogP contribution in [0.3, 0.4) is 0 Å². The highest BCUT2D eigenvalue weighted by atomic mass is 16.4. The van der Waals surface area contributed by atoms with Crippen LogP contribution in [0.2, 0.25) is 0 Å². The van der Waals surface area contributed by atoms with Gasteiger partial charge in [-0.3, -0.25) is 4.79 Å². The fourth-order valence-corrected chi connectivity index (χ4v) is 2.21. The van der Waals surface area contributed by atoms with Crippen molar-refractivity contribution in [2.24, 2.45) is 5.41 Å². The molecule has 3 nitrogen and oxygen atoms in total. The summed E-state index contributed by atoms with van der Waals surface area (Å²) in [7, 11) is 0. The average Bonchev–Trinajstić information content (AvgIpc) is 2.48. The van der Waals surface area contributed by atoms with Crippen molar-refractivity contribution in [2.75, 3.05) is 0 Å². The highest BCUT2D eigenvalue weighted by Gasteiger charge is 2.42. The third-order valence-corrected chi connectivity index (χ3v) is 3.11. The fraction of sp³-hybridized carbons (Fsp3) is 0.545. The fourth-order valence-electron chi connectivity index (χ4n) is 2.21. The number of furan rings is 1. The Balaban J connectivity index is 2.49. The molecule has 0 spiro atoms. The summed E-state index contributed by atoms with van der Waals surface area (Å²) in [6.07, 6.45) is 3.40. The Bertz CT molecular complexity index is 362. The van der Waals surface area contributed by atoms with E-state index in [4.69, 9.17) is 4.42 Å². The van der Waals surface area contributed by atoms with Crippen LogP contribution in [0.4, 0.5) is 0 Å². The predicted octanol–water partition coefficient (Wildman–Crippen LogP) is 2.42. The molecule has 0 fully saturated rings. The summed E-state index contributed by atoms with van der Waals surface area (Å²) < 4.78 is 5.28. The van der Waals surface area contributed by atoms with E-state index in [-0.39, 0.29) is 5.41 Å². The van der Waals surface area contributed by atoms with Crippen molar-refractivity contribution in [1.82, 2.24) is 0 Å². The van der Waals surface area contributed by atoms with Crippen molar-refractivity contribution in [2.45, 2.75) is 32.6 Å². The largest absolute Gasteiger partial charge is 0.481 e. The van der Waals surface area contributed by atoms with Crippen LogP contribution in [-0.2, 0) is 11.2 Å². The van der Waals surface area contributed by atoms with Crippen LogP contribution in [0, 0.1) is 5.41 Å². The number of carboxylic acid groups (broad SMARTS) is 1. The minimum Gasteiger partial charge on any atom is -0.481 e. The molecule has 0 aliphatic heterocycles. The molecule has 1 N–H and O–H groups in total. The van der Waals surface area contributed by atoms with Crippen molar-refractivity contribution in [3.63, 3.8) is 0 Å². The van der Waals surface area contributed by atoms with Gasteiger partial charge in [-0.15, -0.1) is 0 Å². The summed E-state index contributed by atoms with van der Waals surface area (Å²) in [5.41, 5.74) is 0.841. The van der Waals surface area contributed by atoms with Gasteiger partial charge in [0.05, 0.1) is 6.26 Å². The first-order valence-electron chi connectivity index (χ1n) is 4.81. The van der Waals surface area contributed by atoms with Gasteiger partial charge in [0.2, 0.25) is 0 Å². The Morgan fingerprint density at radius 3 is 3.00 bits per heavy atom. The van der Waals surface area contributed by atoms with Crippen molar-refractivity contribution in [1.29, 1.82) is 0 Å². The molecule has 0 radical (unpaired) electrons. The number of hydrogen-bond acceptors (Lipinski definition) is 2. The minimum absolute atomic E-state index is 0.212. The Labute approximate surface area is 82.7 Å². The molecule has 1 aliphatic carbocycles. The van der Waals surface area contributed by atoms with Gasteiger partial charge in [-0.1, -0.05) is 13.8 Å². The molecule has 14 heavy (non-hydrogen) atoms. The highest BCUT2D eigenvalue weighted by Crippen LogP contribution is 2.45. The molecule has 0 saturated heterocycles. The maximum absolute atomic E-state index is 11.2. The molecule has 1 heterocycles. The number of hydrogen-bond donors (Lipinski definition) is 1. The zero-order chi connectivity index (χ0) is 10.3. The highest BCUT2D eigenvalue weighted by molar-refractivity contribution is 5.77. The number of carboxylic acids is 1. The van der Waals surface area contributed by atoms with Gasteiger partial charge in [0, 0.05) is 0 Å². The molecule has 2 rings (SSSR count). The lowest BCUT2D eigenvalue weighted by Crippen LogP contribution is -2.33. The monoisotopic (exact) mass is 194 g/mol. The molecule has 1 atom stereocenters. The number of carbonyl (C=O) groups is 1. The maximum Gasteiger partial charge on any atom is 0.314 e. The smallest absolute Gasteiger partial charge is 0.314 e. The van der Waals surface area contributed by atoms with Gasteiger partial charge >= 0.3 is 5.97 Å². The predicted molar refractivity (Wildman–Crippen MR) is 51.2 cm³/mol. The van der Waals surface area contributed by atoms with Crippen molar-refractivity contribution >= 4 is 5.97 Å². The van der Waals surface area contributed by atoms with E-state index >= 15 is 0 Å². The molecule has 3 heteroatoms. The standard InChI is InChI=1S/C11H14O3/c1-11(2)5-3-7-4-6-14-9(7)8(11)10(12)13/h4,6,8H,3,5H2,1-2H3,(H,12,13). The Morgan fingerprint density at radius 2 is 2.36 bits per heavy atom. The minimum atomic E-state index is -0.786. The second-order valence-corrected chi connectivity index (χ2v) is 4.57. The lowest BCUT2D eigenvalue weighted by molar-refractivity contribution is -0.142. The lowest BCUT2D eigenvalue weighted by atomic mass is 9.69. The van der Waals surface area contributed by atoms with E-state index in [0.29, 0.717) is 5.76 Å². The van der Waals surface area contributed by atoms with Crippen LogP contribution in [0.25, 0.3) is 0 Å². The Hall–Kier alpha value is -1.25. The van der Waals surface area contributed by atoms with Crippen LogP contribution < -0.4 is 0 Å². The molecule has 1 aliphatic rings. The zero-order valence-corrected chi connectivity index (χ0v) is 8.41. The topological polar surface area (TPSA) is 50.4 Å². The van der Waals surface area contributed by atoms with Crippen LogP contribution >= 0.6 is 0 Å². The number of aryl methyl sites for hydroxylation is 1. The molecule has 1 aromatic rings. The van der Waals surface area contributed by atoms with Gasteiger partial charge in [0.15, 0.2) is 0 Å². The summed E-state index contributed by atoms with van der Waals surface area (Å²) in [5, 5.41) is 9.18. The van der Waals surface area contributed by atoms with Crippen LogP contribution in [-0.4, -0.2) is 11.1 Å². The summed E-state index contributed by atoms with van der Waals surface area (Å²) in [6, 6.07) is 1.88. The van der Waals surface area contributed by atoms with E-state index in [1.54, 1.807) is 6.26 Å². The van der Waals surface area contributed by atoms with E-state index in [2.05, 4.69) is 0 Å². The lowest BCUT2D eigenvalue weighted by Gasteiger charge is -2.34. The first-order valence-corrected chi connectivity index (χ1v) is 4.81. The summed E-state index contributed by atoms with van der Waals surface area (Å²) in [6.45, 7) is 3.97. The van der Waals surface area contributed by atoms with E-state index in [1.807, 2.05) is 19.9 Å². The van der Waals surface area contributed by atoms with E-state index in [9.17, 15) is 9.90 Å². The molecule has 76 valence electrons. The van der Waals surface area contributed by atoms with Gasteiger partial charge in [0.25, 0.3) is 0 Å². The van der Waals surface area contributed by atoms with E-state index in [1.165, 1.54) is 0 Å². The van der Waals surface area contributed by atoms with E-state index < -0.39 is 11.9 Å². The Kier molecular flexibility index (Phi) is 1.91. The SMILES string of the molecule is CC1(C)CCc2ccoc2C1C(=O)O. The Morgan fingerprint density at radius 1 is 1.64 bits per heavy atom. The number of aliphatic carboxylic acids is 1. The third-order valence-electron chi connectivity index (χ3n) is 3.11. The molecule has 1 aromatic heterocycles. The van der Waals surface area contributed by atoms with Crippen LogP contribution in [0.1, 0.15) is 37.5 Å². The first kappa shape index (κ1) is 9.31. The first-order chi connectivity index (χ1) is 6.52. The van der Waals surface area contributed by atoms with E-state index in [0.717, 1.165) is 18.4 Å².